The molecule has 0 aliphatic heterocycles. The summed E-state index contributed by atoms with van der Waals surface area (Å²) in [5.41, 5.74) is 0.853. The van der Waals surface area contributed by atoms with Gasteiger partial charge in [0.1, 0.15) is 6.10 Å². The summed E-state index contributed by atoms with van der Waals surface area (Å²) in [6, 6.07) is 7.26. The van der Waals surface area contributed by atoms with Gasteiger partial charge >= 0.3 is 0 Å². The van der Waals surface area contributed by atoms with E-state index in [1.54, 1.807) is 12.1 Å². The lowest BCUT2D eigenvalue weighted by atomic mass is 10.2. The van der Waals surface area contributed by atoms with Gasteiger partial charge in [-0.25, -0.2) is 0 Å². The predicted molar refractivity (Wildman–Crippen MR) is 68.8 cm³/mol. The number of aromatic nitrogens is 3. The highest BCUT2D eigenvalue weighted by Crippen LogP contribution is 2.39. The van der Waals surface area contributed by atoms with E-state index in [1.165, 1.54) is 0 Å². The summed E-state index contributed by atoms with van der Waals surface area (Å²) >= 11 is 5.80. The monoisotopic (exact) mass is 264 g/mol. The third-order valence-corrected chi connectivity index (χ3v) is 3.20. The number of hydrogen-bond acceptors (Lipinski definition) is 4. The molecule has 0 spiro atoms. The van der Waals surface area contributed by atoms with Crippen molar-refractivity contribution in [2.24, 2.45) is 5.92 Å². The molecular weight excluding hydrogens is 252 g/mol. The first kappa shape index (κ1) is 11.5. The molecular formula is C12H13ClN4O. The Morgan fingerprint density at radius 3 is 2.72 bits per heavy atom. The van der Waals surface area contributed by atoms with E-state index in [-0.39, 0.29) is 0 Å². The normalized spacial score (nSPS) is 16.6. The van der Waals surface area contributed by atoms with Crippen LogP contribution in [0.2, 0.25) is 5.02 Å². The van der Waals surface area contributed by atoms with E-state index >= 15 is 0 Å². The number of benzene rings is 1. The zero-order chi connectivity index (χ0) is 12.5. The largest absolute Gasteiger partial charge is 0.385 e. The summed E-state index contributed by atoms with van der Waals surface area (Å²) in [6.45, 7) is 0. The molecule has 1 heterocycles. The highest BCUT2D eigenvalue weighted by molar-refractivity contribution is 6.30. The first-order valence-corrected chi connectivity index (χ1v) is 6.23. The molecule has 2 aromatic rings. The molecule has 94 valence electrons. The summed E-state index contributed by atoms with van der Waals surface area (Å²) in [4.78, 5) is 4.23. The quantitative estimate of drug-likeness (QED) is 0.794. The average molecular weight is 265 g/mol. The molecule has 0 saturated heterocycles. The number of H-pyrrole nitrogens is 1. The minimum absolute atomic E-state index is 0.335. The van der Waals surface area contributed by atoms with Crippen molar-refractivity contribution in [2.75, 3.05) is 5.32 Å². The van der Waals surface area contributed by atoms with Crippen molar-refractivity contribution in [3.8, 4) is 0 Å². The maximum Gasteiger partial charge on any atom is 0.246 e. The minimum Gasteiger partial charge on any atom is -0.385 e. The molecule has 3 N–H and O–H groups in total. The second-order valence-corrected chi connectivity index (χ2v) is 4.89. The number of anilines is 2. The van der Waals surface area contributed by atoms with Crippen molar-refractivity contribution in [3.63, 3.8) is 0 Å². The molecule has 0 amide bonds. The van der Waals surface area contributed by atoms with Gasteiger partial charge in [0.05, 0.1) is 0 Å². The molecule has 1 aliphatic rings. The lowest BCUT2D eigenvalue weighted by Gasteiger charge is -2.03. The van der Waals surface area contributed by atoms with Crippen molar-refractivity contribution in [1.82, 2.24) is 15.2 Å². The fourth-order valence-electron chi connectivity index (χ4n) is 1.76. The maximum absolute atomic E-state index is 9.90. The topological polar surface area (TPSA) is 73.8 Å². The van der Waals surface area contributed by atoms with Crippen LogP contribution in [-0.2, 0) is 0 Å². The van der Waals surface area contributed by atoms with Crippen LogP contribution in [0.4, 0.5) is 11.6 Å². The first-order chi connectivity index (χ1) is 8.72. The van der Waals surface area contributed by atoms with Gasteiger partial charge in [0, 0.05) is 10.7 Å². The molecule has 0 radical (unpaired) electrons. The number of aliphatic hydroxyl groups is 1. The van der Waals surface area contributed by atoms with Crippen LogP contribution in [0.5, 0.6) is 0 Å². The van der Waals surface area contributed by atoms with Gasteiger partial charge in [0.2, 0.25) is 5.95 Å². The number of aromatic amines is 1. The van der Waals surface area contributed by atoms with E-state index in [4.69, 9.17) is 11.6 Å². The maximum atomic E-state index is 9.90. The Balaban J connectivity index is 1.71. The molecule has 1 aliphatic carbocycles. The van der Waals surface area contributed by atoms with Crippen LogP contribution in [0.3, 0.4) is 0 Å². The Bertz CT molecular complexity index is 535. The van der Waals surface area contributed by atoms with Crippen molar-refractivity contribution in [2.45, 2.75) is 18.9 Å². The van der Waals surface area contributed by atoms with Gasteiger partial charge in [0.15, 0.2) is 5.82 Å². The van der Waals surface area contributed by atoms with E-state index in [2.05, 4.69) is 20.5 Å². The SMILES string of the molecule is OC(c1nc(Nc2ccc(Cl)cc2)n[nH]1)C1CC1. The van der Waals surface area contributed by atoms with Gasteiger partial charge in [0.25, 0.3) is 0 Å². The lowest BCUT2D eigenvalue weighted by Crippen LogP contribution is -2.02. The molecule has 5 nitrogen and oxygen atoms in total. The molecule has 1 unspecified atom stereocenters. The summed E-state index contributed by atoms with van der Waals surface area (Å²) in [6.07, 6.45) is 1.59. The van der Waals surface area contributed by atoms with Gasteiger partial charge in [-0.2, -0.15) is 4.98 Å². The van der Waals surface area contributed by atoms with E-state index < -0.39 is 6.10 Å². The van der Waals surface area contributed by atoms with Gasteiger partial charge < -0.3 is 10.4 Å². The molecule has 6 heteroatoms. The second kappa shape index (κ2) is 4.59. The Morgan fingerprint density at radius 1 is 1.33 bits per heavy atom. The summed E-state index contributed by atoms with van der Waals surface area (Å²) < 4.78 is 0. The summed E-state index contributed by atoms with van der Waals surface area (Å²) in [7, 11) is 0. The van der Waals surface area contributed by atoms with Crippen LogP contribution in [0, 0.1) is 5.92 Å². The molecule has 0 bridgehead atoms. The zero-order valence-corrected chi connectivity index (χ0v) is 10.4. The number of rotatable bonds is 4. The minimum atomic E-state index is -0.529. The van der Waals surface area contributed by atoms with Crippen LogP contribution >= 0.6 is 11.6 Å². The van der Waals surface area contributed by atoms with Crippen molar-refractivity contribution >= 4 is 23.2 Å². The van der Waals surface area contributed by atoms with Gasteiger partial charge in [-0.1, -0.05) is 11.6 Å². The number of nitrogens with zero attached hydrogens (tertiary/aromatic N) is 2. The van der Waals surface area contributed by atoms with Crippen LogP contribution in [-0.4, -0.2) is 20.3 Å². The van der Waals surface area contributed by atoms with Crippen molar-refractivity contribution < 1.29 is 5.11 Å². The lowest BCUT2D eigenvalue weighted by molar-refractivity contribution is 0.144. The van der Waals surface area contributed by atoms with Gasteiger partial charge in [-0.3, -0.25) is 5.10 Å². The second-order valence-electron chi connectivity index (χ2n) is 4.46. The molecule has 1 fully saturated rings. The summed E-state index contributed by atoms with van der Waals surface area (Å²) in [5, 5.41) is 20.4. The molecule has 1 saturated carbocycles. The number of halogens is 1. The average Bonchev–Trinajstić information content (AvgIpc) is 3.12. The Hall–Kier alpha value is -1.59. The number of aliphatic hydroxyl groups excluding tert-OH is 1. The van der Waals surface area contributed by atoms with Crippen LogP contribution < -0.4 is 5.32 Å². The standard InChI is InChI=1S/C12H13ClN4O/c13-8-3-5-9(6-4-8)14-12-15-11(16-17-12)10(18)7-1-2-7/h3-7,10,18H,1-2H2,(H2,14,15,16,17). The first-order valence-electron chi connectivity index (χ1n) is 5.85. The van der Waals surface area contributed by atoms with E-state index in [9.17, 15) is 5.11 Å². The Kier molecular flexibility index (Phi) is 2.93. The van der Waals surface area contributed by atoms with Crippen LogP contribution in [0.15, 0.2) is 24.3 Å². The number of hydrogen-bond donors (Lipinski definition) is 3. The van der Waals surface area contributed by atoms with E-state index in [1.807, 2.05) is 12.1 Å². The highest BCUT2D eigenvalue weighted by atomic mass is 35.5. The van der Waals surface area contributed by atoms with E-state index in [0.717, 1.165) is 18.5 Å². The molecule has 18 heavy (non-hydrogen) atoms. The van der Waals surface area contributed by atoms with Crippen LogP contribution in [0.1, 0.15) is 24.8 Å². The van der Waals surface area contributed by atoms with E-state index in [0.29, 0.717) is 22.7 Å². The summed E-state index contributed by atoms with van der Waals surface area (Å²) in [5.74, 6) is 1.31. The fraction of sp³-hybridized carbons (Fsp3) is 0.333. The molecule has 1 aromatic carbocycles. The Labute approximate surface area is 109 Å². The predicted octanol–water partition coefficient (Wildman–Crippen LogP) is 2.65. The third kappa shape index (κ3) is 2.47. The van der Waals surface area contributed by atoms with Crippen molar-refractivity contribution in [3.05, 3.63) is 35.1 Å². The third-order valence-electron chi connectivity index (χ3n) is 2.95. The highest BCUT2D eigenvalue weighted by Gasteiger charge is 2.32. The molecule has 1 atom stereocenters. The smallest absolute Gasteiger partial charge is 0.246 e. The van der Waals surface area contributed by atoms with Crippen molar-refractivity contribution in [1.29, 1.82) is 0 Å². The number of nitrogens with one attached hydrogen (secondary N) is 2. The zero-order valence-electron chi connectivity index (χ0n) is 9.60. The molecule has 1 aromatic heterocycles. The van der Waals surface area contributed by atoms with Gasteiger partial charge in [-0.05, 0) is 43.0 Å². The fourth-order valence-corrected chi connectivity index (χ4v) is 1.89. The van der Waals surface area contributed by atoms with Gasteiger partial charge in [-0.15, -0.1) is 5.10 Å². The van der Waals surface area contributed by atoms with Crippen LogP contribution in [0.25, 0.3) is 0 Å². The Morgan fingerprint density at radius 2 is 2.06 bits per heavy atom. The molecule has 3 rings (SSSR count).